The Labute approximate surface area is 126 Å². The molecule has 0 unspecified atom stereocenters. The minimum Gasteiger partial charge on any atom is -0.481 e. The van der Waals surface area contributed by atoms with E-state index < -0.39 is 5.97 Å². The average molecular weight is 372 g/mol. The SMILES string of the molecule is O=C(C[C@H]1CCCC[C@@H]1C(=O)O)c1ccccc1I. The molecule has 1 N–H and O–H groups in total. The van der Waals surface area contributed by atoms with Gasteiger partial charge >= 0.3 is 5.97 Å². The molecule has 1 aliphatic carbocycles. The maximum atomic E-state index is 12.3. The van der Waals surface area contributed by atoms with Crippen LogP contribution in [0.25, 0.3) is 0 Å². The fourth-order valence-corrected chi connectivity index (χ4v) is 3.50. The van der Waals surface area contributed by atoms with Crippen LogP contribution in [0.2, 0.25) is 0 Å². The first kappa shape index (κ1) is 14.5. The Morgan fingerprint density at radius 3 is 2.58 bits per heavy atom. The molecule has 0 saturated heterocycles. The number of carboxylic acids is 1. The third kappa shape index (κ3) is 3.55. The van der Waals surface area contributed by atoms with Gasteiger partial charge in [0.15, 0.2) is 5.78 Å². The molecule has 1 aliphatic rings. The summed E-state index contributed by atoms with van der Waals surface area (Å²) < 4.78 is 0.938. The second-order valence-electron chi connectivity index (χ2n) is 5.10. The van der Waals surface area contributed by atoms with Gasteiger partial charge in [0.25, 0.3) is 0 Å². The van der Waals surface area contributed by atoms with Crippen molar-refractivity contribution in [3.8, 4) is 0 Å². The third-order valence-corrected chi connectivity index (χ3v) is 4.79. The number of ketones is 1. The van der Waals surface area contributed by atoms with Crippen LogP contribution in [0.4, 0.5) is 0 Å². The highest BCUT2D eigenvalue weighted by atomic mass is 127. The summed E-state index contributed by atoms with van der Waals surface area (Å²) in [4.78, 5) is 23.5. The van der Waals surface area contributed by atoms with Crippen LogP contribution in [0.5, 0.6) is 0 Å². The summed E-state index contributed by atoms with van der Waals surface area (Å²) in [5.41, 5.74) is 0.720. The van der Waals surface area contributed by atoms with Gasteiger partial charge in [-0.25, -0.2) is 0 Å². The highest BCUT2D eigenvalue weighted by molar-refractivity contribution is 14.1. The summed E-state index contributed by atoms with van der Waals surface area (Å²) in [6.07, 6.45) is 3.92. The van der Waals surface area contributed by atoms with Gasteiger partial charge in [-0.1, -0.05) is 31.0 Å². The summed E-state index contributed by atoms with van der Waals surface area (Å²) in [6.45, 7) is 0. The number of aliphatic carboxylic acids is 1. The number of carbonyl (C=O) groups is 2. The molecule has 1 aromatic carbocycles. The molecule has 4 heteroatoms. The van der Waals surface area contributed by atoms with E-state index in [1.165, 1.54) is 0 Å². The second-order valence-corrected chi connectivity index (χ2v) is 6.26. The molecule has 2 atom stereocenters. The van der Waals surface area contributed by atoms with E-state index in [0.717, 1.165) is 28.4 Å². The Bertz CT molecular complexity index is 484. The number of halogens is 1. The van der Waals surface area contributed by atoms with E-state index in [9.17, 15) is 14.7 Å². The lowest BCUT2D eigenvalue weighted by Gasteiger charge is -2.28. The van der Waals surface area contributed by atoms with Gasteiger partial charge < -0.3 is 5.11 Å². The molecule has 0 aliphatic heterocycles. The Kier molecular flexibility index (Phi) is 4.96. The predicted octanol–water partition coefficient (Wildman–Crippen LogP) is 3.76. The first-order valence-corrected chi connectivity index (χ1v) is 7.68. The van der Waals surface area contributed by atoms with Crippen LogP contribution in [-0.4, -0.2) is 16.9 Å². The van der Waals surface area contributed by atoms with Crippen LogP contribution >= 0.6 is 22.6 Å². The largest absolute Gasteiger partial charge is 0.481 e. The molecule has 19 heavy (non-hydrogen) atoms. The van der Waals surface area contributed by atoms with Crippen molar-refractivity contribution in [1.82, 2.24) is 0 Å². The smallest absolute Gasteiger partial charge is 0.306 e. The summed E-state index contributed by atoms with van der Waals surface area (Å²) in [5, 5.41) is 9.23. The molecule has 0 aromatic heterocycles. The van der Waals surface area contributed by atoms with E-state index in [4.69, 9.17) is 0 Å². The van der Waals surface area contributed by atoms with Crippen LogP contribution < -0.4 is 0 Å². The molecule has 0 bridgehead atoms. The number of carbonyl (C=O) groups excluding carboxylic acids is 1. The summed E-state index contributed by atoms with van der Waals surface area (Å²) in [6, 6.07) is 7.48. The Morgan fingerprint density at radius 2 is 1.89 bits per heavy atom. The maximum absolute atomic E-state index is 12.3. The highest BCUT2D eigenvalue weighted by Gasteiger charge is 2.32. The van der Waals surface area contributed by atoms with Gasteiger partial charge in [0.1, 0.15) is 0 Å². The lowest BCUT2D eigenvalue weighted by molar-refractivity contribution is -0.144. The molecule has 0 heterocycles. The maximum Gasteiger partial charge on any atom is 0.306 e. The number of carboxylic acid groups (broad SMARTS) is 1. The fraction of sp³-hybridized carbons (Fsp3) is 0.467. The van der Waals surface area contributed by atoms with Crippen LogP contribution in [0.15, 0.2) is 24.3 Å². The van der Waals surface area contributed by atoms with Gasteiger partial charge in [-0.2, -0.15) is 0 Å². The van der Waals surface area contributed by atoms with Gasteiger partial charge in [0.05, 0.1) is 5.92 Å². The van der Waals surface area contributed by atoms with E-state index in [-0.39, 0.29) is 17.6 Å². The quantitative estimate of drug-likeness (QED) is 0.647. The molecule has 3 nitrogen and oxygen atoms in total. The normalized spacial score (nSPS) is 23.0. The van der Waals surface area contributed by atoms with Crippen molar-refractivity contribution in [3.05, 3.63) is 33.4 Å². The summed E-state index contributed by atoms with van der Waals surface area (Å²) in [7, 11) is 0. The average Bonchev–Trinajstić information content (AvgIpc) is 2.39. The van der Waals surface area contributed by atoms with Crippen molar-refractivity contribution >= 4 is 34.3 Å². The Hall–Kier alpha value is -0.910. The highest BCUT2D eigenvalue weighted by Crippen LogP contribution is 2.33. The van der Waals surface area contributed by atoms with Crippen LogP contribution in [0.3, 0.4) is 0 Å². The number of Topliss-reactive ketones (excluding diaryl/α,β-unsaturated/α-hetero) is 1. The zero-order chi connectivity index (χ0) is 13.8. The number of hydrogen-bond donors (Lipinski definition) is 1. The molecule has 0 amide bonds. The van der Waals surface area contributed by atoms with Crippen molar-refractivity contribution in [3.63, 3.8) is 0 Å². The van der Waals surface area contributed by atoms with E-state index in [2.05, 4.69) is 22.6 Å². The van der Waals surface area contributed by atoms with Crippen molar-refractivity contribution in [2.75, 3.05) is 0 Å². The summed E-state index contributed by atoms with van der Waals surface area (Å²) in [5.74, 6) is -1.03. The lowest BCUT2D eigenvalue weighted by atomic mass is 9.76. The van der Waals surface area contributed by atoms with Crippen molar-refractivity contribution in [1.29, 1.82) is 0 Å². The minimum atomic E-state index is -0.750. The van der Waals surface area contributed by atoms with Gasteiger partial charge in [-0.05, 0) is 47.4 Å². The fourth-order valence-electron chi connectivity index (χ4n) is 2.81. The third-order valence-electron chi connectivity index (χ3n) is 3.85. The first-order chi connectivity index (χ1) is 9.09. The zero-order valence-electron chi connectivity index (χ0n) is 10.6. The second kappa shape index (κ2) is 6.50. The van der Waals surface area contributed by atoms with Crippen molar-refractivity contribution < 1.29 is 14.7 Å². The van der Waals surface area contributed by atoms with Gasteiger partial charge in [-0.15, -0.1) is 0 Å². The Morgan fingerprint density at radius 1 is 1.21 bits per heavy atom. The van der Waals surface area contributed by atoms with E-state index in [1.807, 2.05) is 24.3 Å². The zero-order valence-corrected chi connectivity index (χ0v) is 12.8. The van der Waals surface area contributed by atoms with Crippen LogP contribution in [0.1, 0.15) is 42.5 Å². The molecule has 1 aromatic rings. The number of rotatable bonds is 4. The standard InChI is InChI=1S/C15H17IO3/c16-13-8-4-3-7-12(13)14(17)9-10-5-1-2-6-11(10)15(18)19/h3-4,7-8,10-11H,1-2,5-6,9H2,(H,18,19)/t10-,11+/m1/s1. The van der Waals surface area contributed by atoms with Crippen LogP contribution in [-0.2, 0) is 4.79 Å². The van der Waals surface area contributed by atoms with Gasteiger partial charge in [-0.3, -0.25) is 9.59 Å². The summed E-state index contributed by atoms with van der Waals surface area (Å²) >= 11 is 2.15. The molecule has 1 fully saturated rings. The molecular weight excluding hydrogens is 355 g/mol. The molecule has 102 valence electrons. The minimum absolute atomic E-state index is 0.00486. The number of benzene rings is 1. The van der Waals surface area contributed by atoms with Gasteiger partial charge in [0.2, 0.25) is 0 Å². The van der Waals surface area contributed by atoms with Crippen molar-refractivity contribution in [2.24, 2.45) is 11.8 Å². The lowest BCUT2D eigenvalue weighted by Crippen LogP contribution is -2.28. The Balaban J connectivity index is 2.09. The first-order valence-electron chi connectivity index (χ1n) is 6.60. The monoisotopic (exact) mass is 372 g/mol. The molecule has 0 radical (unpaired) electrons. The molecule has 0 spiro atoms. The molecule has 1 saturated carbocycles. The molecular formula is C15H17IO3. The van der Waals surface area contributed by atoms with Gasteiger partial charge in [0, 0.05) is 15.6 Å². The van der Waals surface area contributed by atoms with E-state index >= 15 is 0 Å². The van der Waals surface area contributed by atoms with E-state index in [0.29, 0.717) is 12.8 Å². The number of hydrogen-bond acceptors (Lipinski definition) is 2. The topological polar surface area (TPSA) is 54.4 Å². The van der Waals surface area contributed by atoms with E-state index in [1.54, 1.807) is 0 Å². The van der Waals surface area contributed by atoms with Crippen molar-refractivity contribution in [2.45, 2.75) is 32.1 Å². The predicted molar refractivity (Wildman–Crippen MR) is 81.2 cm³/mol. The van der Waals surface area contributed by atoms with Crippen LogP contribution in [0, 0.1) is 15.4 Å². The molecule has 2 rings (SSSR count).